The summed E-state index contributed by atoms with van der Waals surface area (Å²) in [6.07, 6.45) is 3.50. The smallest absolute Gasteiger partial charge is 0.255 e. The number of hydrogen-bond acceptors (Lipinski definition) is 6. The van der Waals surface area contributed by atoms with Gasteiger partial charge in [0, 0.05) is 38.9 Å². The molecule has 1 amide bonds. The molecule has 1 N–H and O–H groups in total. The molecule has 9 nitrogen and oxygen atoms in total. The SMILES string of the molecule is Cn1nc(-c2cnc3c(n2)c(C(=O)NC(C)(C)C)cn3COCC[Si](C)(C)C)c2cc(C(O[Si](C)C)C(C)(C)C)ccc21. The van der Waals surface area contributed by atoms with Crippen molar-refractivity contribution >= 4 is 45.1 Å². The summed E-state index contributed by atoms with van der Waals surface area (Å²) in [4.78, 5) is 23.3. The standard InChI is InChI=1S/C32H49N6O3Si2/c1-31(2,3)28(41-42(8)9)21-13-14-25-22(17-21)26(36-37(25)7)24-18-33-29-27(34-24)23(30(39)35-32(4,5)6)19-38(29)20-40-15-16-43(10,11)12/h13-14,17-19,28H,15-16,20H2,1-12H3,(H,35,39). The molecule has 0 fully saturated rings. The minimum Gasteiger partial charge on any atom is -0.410 e. The molecule has 0 aliphatic rings. The Morgan fingerprint density at radius 2 is 1.81 bits per heavy atom. The summed E-state index contributed by atoms with van der Waals surface area (Å²) in [6.45, 7) is 24.8. The van der Waals surface area contributed by atoms with E-state index >= 15 is 0 Å². The van der Waals surface area contributed by atoms with Crippen LogP contribution in [0.1, 0.15) is 63.6 Å². The Morgan fingerprint density at radius 1 is 1.12 bits per heavy atom. The van der Waals surface area contributed by atoms with Crippen LogP contribution in [0.25, 0.3) is 33.5 Å². The normalized spacial score (nSPS) is 13.8. The summed E-state index contributed by atoms with van der Waals surface area (Å²) >= 11 is 0. The van der Waals surface area contributed by atoms with Crippen molar-refractivity contribution in [1.29, 1.82) is 0 Å². The maximum atomic E-state index is 13.5. The number of nitrogens with zero attached hydrogens (tertiary/aromatic N) is 5. The minimum atomic E-state index is -1.23. The van der Waals surface area contributed by atoms with Gasteiger partial charge in [0.2, 0.25) is 9.04 Å². The quantitative estimate of drug-likeness (QED) is 0.149. The zero-order valence-electron chi connectivity index (χ0n) is 28.0. The van der Waals surface area contributed by atoms with Crippen molar-refractivity contribution in [3.8, 4) is 11.4 Å². The van der Waals surface area contributed by atoms with Crippen LogP contribution in [-0.4, -0.2) is 59.5 Å². The highest BCUT2D eigenvalue weighted by molar-refractivity contribution is 6.76. The number of aromatic nitrogens is 5. The van der Waals surface area contributed by atoms with Gasteiger partial charge in [-0.2, -0.15) is 5.10 Å². The van der Waals surface area contributed by atoms with Gasteiger partial charge in [0.1, 0.15) is 23.6 Å². The first-order valence-electron chi connectivity index (χ1n) is 15.0. The van der Waals surface area contributed by atoms with Crippen LogP contribution in [0, 0.1) is 5.41 Å². The molecule has 1 atom stereocenters. The molecule has 43 heavy (non-hydrogen) atoms. The van der Waals surface area contributed by atoms with Gasteiger partial charge < -0.3 is 19.0 Å². The van der Waals surface area contributed by atoms with Crippen molar-refractivity contribution in [2.24, 2.45) is 12.5 Å². The third-order valence-corrected chi connectivity index (χ3v) is 9.50. The maximum absolute atomic E-state index is 13.5. The molecule has 3 aromatic heterocycles. The van der Waals surface area contributed by atoms with E-state index in [1.54, 1.807) is 12.4 Å². The van der Waals surface area contributed by atoms with E-state index in [4.69, 9.17) is 24.2 Å². The van der Waals surface area contributed by atoms with E-state index in [0.29, 0.717) is 35.8 Å². The number of ether oxygens (including phenoxy) is 1. The molecule has 0 aliphatic heterocycles. The van der Waals surface area contributed by atoms with E-state index in [9.17, 15) is 4.79 Å². The van der Waals surface area contributed by atoms with Crippen molar-refractivity contribution in [2.75, 3.05) is 6.61 Å². The van der Waals surface area contributed by atoms with Crippen molar-refractivity contribution < 1.29 is 14.0 Å². The second kappa shape index (κ2) is 12.3. The number of rotatable bonds is 10. The number of aryl methyl sites for hydroxylation is 1. The second-order valence-electron chi connectivity index (χ2n) is 15.0. The lowest BCUT2D eigenvalue weighted by Gasteiger charge is -2.33. The lowest BCUT2D eigenvalue weighted by molar-refractivity contribution is 0.0867. The Hall–Kier alpha value is -2.87. The van der Waals surface area contributed by atoms with Crippen molar-refractivity contribution in [3.63, 3.8) is 0 Å². The number of carbonyl (C=O) groups excluding carboxylic acids is 1. The van der Waals surface area contributed by atoms with Crippen LogP contribution in [0.2, 0.25) is 38.8 Å². The molecular formula is C32H49N6O3Si2. The van der Waals surface area contributed by atoms with Crippen molar-refractivity contribution in [2.45, 2.75) is 98.7 Å². The first-order valence-corrected chi connectivity index (χ1v) is 21.2. The lowest BCUT2D eigenvalue weighted by Crippen LogP contribution is -2.40. The van der Waals surface area contributed by atoms with Gasteiger partial charge in [-0.1, -0.05) is 46.5 Å². The van der Waals surface area contributed by atoms with Crippen LogP contribution < -0.4 is 5.32 Å². The van der Waals surface area contributed by atoms with Gasteiger partial charge in [0.05, 0.1) is 23.4 Å². The minimum absolute atomic E-state index is 0.0508. The fraction of sp³-hybridized carbons (Fsp3) is 0.562. The van der Waals surface area contributed by atoms with Gasteiger partial charge in [0.25, 0.3) is 5.91 Å². The predicted octanol–water partition coefficient (Wildman–Crippen LogP) is 7.18. The summed E-state index contributed by atoms with van der Waals surface area (Å²) in [6, 6.07) is 7.48. The number of fused-ring (bicyclic) bond motifs is 2. The van der Waals surface area contributed by atoms with Gasteiger partial charge in [-0.25, -0.2) is 9.97 Å². The van der Waals surface area contributed by atoms with Gasteiger partial charge in [-0.3, -0.25) is 9.48 Å². The number of nitrogens with one attached hydrogen (secondary N) is 1. The molecule has 1 radical (unpaired) electrons. The van der Waals surface area contributed by atoms with E-state index in [1.807, 2.05) is 37.1 Å². The van der Waals surface area contributed by atoms with Gasteiger partial charge >= 0.3 is 0 Å². The molecule has 1 unspecified atom stereocenters. The highest BCUT2D eigenvalue weighted by Gasteiger charge is 2.29. The third-order valence-electron chi connectivity index (χ3n) is 7.09. The fourth-order valence-corrected chi connectivity index (χ4v) is 6.71. The predicted molar refractivity (Wildman–Crippen MR) is 179 cm³/mol. The van der Waals surface area contributed by atoms with Gasteiger partial charge in [0.15, 0.2) is 5.65 Å². The number of carbonyl (C=O) groups is 1. The van der Waals surface area contributed by atoms with Crippen LogP contribution in [-0.2, 0) is 22.9 Å². The molecule has 3 heterocycles. The topological polar surface area (TPSA) is 96.1 Å². The summed E-state index contributed by atoms with van der Waals surface area (Å²) < 4.78 is 16.3. The van der Waals surface area contributed by atoms with Gasteiger partial charge in [-0.05, 0) is 63.0 Å². The Balaban J connectivity index is 1.81. The van der Waals surface area contributed by atoms with E-state index in [-0.39, 0.29) is 17.4 Å². The van der Waals surface area contributed by atoms with E-state index in [1.165, 1.54) is 0 Å². The van der Waals surface area contributed by atoms with Crippen LogP contribution in [0.3, 0.4) is 0 Å². The first-order chi connectivity index (χ1) is 19.8. The zero-order valence-corrected chi connectivity index (χ0v) is 30.0. The monoisotopic (exact) mass is 621 g/mol. The summed E-state index contributed by atoms with van der Waals surface area (Å²) in [7, 11) is -0.218. The molecule has 0 saturated heterocycles. The molecular weight excluding hydrogens is 573 g/mol. The maximum Gasteiger partial charge on any atom is 0.255 e. The Kier molecular flexibility index (Phi) is 9.42. The summed E-state index contributed by atoms with van der Waals surface area (Å²) in [5.41, 5.74) is 4.57. The first kappa shape index (κ1) is 33.0. The molecule has 0 spiro atoms. The van der Waals surface area contributed by atoms with E-state index < -0.39 is 22.7 Å². The third kappa shape index (κ3) is 8.00. The number of amides is 1. The number of hydrogen-bond donors (Lipinski definition) is 1. The summed E-state index contributed by atoms with van der Waals surface area (Å²) in [5.74, 6) is -0.195. The molecule has 0 bridgehead atoms. The summed E-state index contributed by atoms with van der Waals surface area (Å²) in [5, 5.41) is 8.92. The Morgan fingerprint density at radius 3 is 2.42 bits per heavy atom. The van der Waals surface area contributed by atoms with Crippen molar-refractivity contribution in [1.82, 2.24) is 29.6 Å². The highest BCUT2D eigenvalue weighted by atomic mass is 28.3. The van der Waals surface area contributed by atoms with Crippen molar-refractivity contribution in [3.05, 3.63) is 41.7 Å². The Bertz CT molecular complexity index is 1610. The Labute approximate surface area is 259 Å². The molecule has 11 heteroatoms. The van der Waals surface area contributed by atoms with Crippen LogP contribution in [0.15, 0.2) is 30.6 Å². The van der Waals surface area contributed by atoms with E-state index in [0.717, 1.165) is 28.2 Å². The number of benzene rings is 1. The molecule has 233 valence electrons. The molecule has 0 aliphatic carbocycles. The van der Waals surface area contributed by atoms with E-state index in [2.05, 4.69) is 77.0 Å². The average Bonchev–Trinajstić information content (AvgIpc) is 3.40. The van der Waals surface area contributed by atoms with Gasteiger partial charge in [-0.15, -0.1) is 0 Å². The largest absolute Gasteiger partial charge is 0.410 e. The second-order valence-corrected chi connectivity index (χ2v) is 22.7. The average molecular weight is 622 g/mol. The van der Waals surface area contributed by atoms with Crippen LogP contribution in [0.4, 0.5) is 0 Å². The molecule has 0 saturated carbocycles. The van der Waals surface area contributed by atoms with Crippen LogP contribution in [0.5, 0.6) is 0 Å². The lowest BCUT2D eigenvalue weighted by atomic mass is 9.84. The fourth-order valence-electron chi connectivity index (χ4n) is 5.00. The molecule has 4 aromatic rings. The zero-order chi connectivity index (χ0) is 31.9. The molecule has 4 rings (SSSR count). The molecule has 1 aromatic carbocycles. The van der Waals surface area contributed by atoms with Crippen LogP contribution >= 0.6 is 0 Å². The highest BCUT2D eigenvalue weighted by Crippen LogP contribution is 2.39.